The van der Waals surface area contributed by atoms with Crippen molar-refractivity contribution in [3.63, 3.8) is 0 Å². The first kappa shape index (κ1) is 29.4. The molecule has 0 aromatic heterocycles. The van der Waals surface area contributed by atoms with Crippen LogP contribution in [0.2, 0.25) is 0 Å². The predicted octanol–water partition coefficient (Wildman–Crippen LogP) is 4.90. The second-order valence-corrected chi connectivity index (χ2v) is 10.2. The number of benzene rings is 2. The highest BCUT2D eigenvalue weighted by Crippen LogP contribution is 2.24. The van der Waals surface area contributed by atoms with Crippen LogP contribution < -0.4 is 10.6 Å². The molecule has 2 rings (SSSR count). The molecule has 198 valence electrons. The van der Waals surface area contributed by atoms with Crippen LogP contribution in [0.1, 0.15) is 70.2 Å². The molecule has 0 saturated heterocycles. The SMILES string of the molecule is C#CN(C(=O)C(Cc1ccccc1)NC(=O)OC(C)(C)C)C(C(=O)NC(C)CCC)c1cccc(C)c1. The Kier molecular flexibility index (Phi) is 10.7. The van der Waals surface area contributed by atoms with E-state index in [1.54, 1.807) is 26.8 Å². The fraction of sp³-hybridized carbons (Fsp3) is 0.433. The zero-order chi connectivity index (χ0) is 27.6. The van der Waals surface area contributed by atoms with Gasteiger partial charge >= 0.3 is 6.09 Å². The topological polar surface area (TPSA) is 87.7 Å². The Bertz CT molecular complexity index is 1100. The molecule has 3 amide bonds. The molecule has 7 heteroatoms. The van der Waals surface area contributed by atoms with Crippen molar-refractivity contribution in [2.75, 3.05) is 0 Å². The summed E-state index contributed by atoms with van der Waals surface area (Å²) < 4.78 is 5.41. The molecule has 0 saturated carbocycles. The number of aryl methyl sites for hydroxylation is 1. The molecule has 0 radical (unpaired) electrons. The van der Waals surface area contributed by atoms with Gasteiger partial charge < -0.3 is 15.4 Å². The first-order valence-electron chi connectivity index (χ1n) is 12.6. The van der Waals surface area contributed by atoms with E-state index in [0.717, 1.165) is 28.9 Å². The Morgan fingerprint density at radius 2 is 1.73 bits per heavy atom. The van der Waals surface area contributed by atoms with Crippen molar-refractivity contribution in [2.24, 2.45) is 0 Å². The molecule has 0 heterocycles. The van der Waals surface area contributed by atoms with E-state index in [9.17, 15) is 14.4 Å². The number of carbonyl (C=O) groups excluding carboxylic acids is 3. The zero-order valence-corrected chi connectivity index (χ0v) is 22.7. The second-order valence-electron chi connectivity index (χ2n) is 10.2. The van der Waals surface area contributed by atoms with Gasteiger partial charge in [-0.05, 0) is 52.2 Å². The average molecular weight is 506 g/mol. The molecule has 3 unspecified atom stereocenters. The highest BCUT2D eigenvalue weighted by Gasteiger charge is 2.36. The Labute approximate surface area is 221 Å². The van der Waals surface area contributed by atoms with Crippen LogP contribution in [0.5, 0.6) is 0 Å². The summed E-state index contributed by atoms with van der Waals surface area (Å²) in [4.78, 5) is 41.2. The molecular weight excluding hydrogens is 466 g/mol. The Morgan fingerprint density at radius 1 is 1.05 bits per heavy atom. The summed E-state index contributed by atoms with van der Waals surface area (Å²) in [5.74, 6) is -0.962. The van der Waals surface area contributed by atoms with Crippen LogP contribution in [0.25, 0.3) is 0 Å². The maximum Gasteiger partial charge on any atom is 0.408 e. The summed E-state index contributed by atoms with van der Waals surface area (Å²) in [5.41, 5.74) is 1.58. The van der Waals surface area contributed by atoms with Crippen molar-refractivity contribution in [1.29, 1.82) is 0 Å². The van der Waals surface area contributed by atoms with E-state index < -0.39 is 29.7 Å². The number of hydrogen-bond acceptors (Lipinski definition) is 4. The first-order chi connectivity index (χ1) is 17.4. The van der Waals surface area contributed by atoms with E-state index in [0.29, 0.717) is 5.56 Å². The minimum absolute atomic E-state index is 0.0976. The van der Waals surface area contributed by atoms with E-state index in [1.165, 1.54) is 0 Å². The van der Waals surface area contributed by atoms with Crippen LogP contribution in [-0.2, 0) is 20.7 Å². The molecule has 3 atom stereocenters. The van der Waals surface area contributed by atoms with Crippen LogP contribution in [0.15, 0.2) is 54.6 Å². The number of rotatable bonds is 10. The summed E-state index contributed by atoms with van der Waals surface area (Å²) in [7, 11) is 0. The quantitative estimate of drug-likeness (QED) is 0.355. The lowest BCUT2D eigenvalue weighted by Crippen LogP contribution is -2.52. The van der Waals surface area contributed by atoms with Crippen molar-refractivity contribution in [3.8, 4) is 12.5 Å². The van der Waals surface area contributed by atoms with Crippen LogP contribution in [0, 0.1) is 19.4 Å². The van der Waals surface area contributed by atoms with Crippen LogP contribution in [-0.4, -0.2) is 40.5 Å². The number of nitrogens with zero attached hydrogens (tertiary/aromatic N) is 1. The average Bonchev–Trinajstić information content (AvgIpc) is 2.81. The predicted molar refractivity (Wildman–Crippen MR) is 145 cm³/mol. The van der Waals surface area contributed by atoms with Gasteiger partial charge in [0.2, 0.25) is 5.91 Å². The Hall–Kier alpha value is -3.79. The molecule has 2 aromatic rings. The van der Waals surface area contributed by atoms with Gasteiger partial charge in [0.1, 0.15) is 17.7 Å². The van der Waals surface area contributed by atoms with Crippen LogP contribution >= 0.6 is 0 Å². The fourth-order valence-corrected chi connectivity index (χ4v) is 4.02. The van der Waals surface area contributed by atoms with E-state index >= 15 is 0 Å². The monoisotopic (exact) mass is 505 g/mol. The van der Waals surface area contributed by atoms with Gasteiger partial charge in [0.15, 0.2) is 0 Å². The van der Waals surface area contributed by atoms with Crippen molar-refractivity contribution in [2.45, 2.75) is 84.5 Å². The number of terminal acetylenes is 1. The van der Waals surface area contributed by atoms with Crippen molar-refractivity contribution >= 4 is 17.9 Å². The third kappa shape index (κ3) is 9.30. The highest BCUT2D eigenvalue weighted by atomic mass is 16.6. The molecule has 0 fully saturated rings. The van der Waals surface area contributed by atoms with E-state index in [4.69, 9.17) is 11.2 Å². The van der Waals surface area contributed by atoms with Gasteiger partial charge in [0.05, 0.1) is 0 Å². The standard InChI is InChI=1S/C30H39N3O4/c1-8-14-22(4)31-27(34)26(24-18-13-15-21(3)19-24)33(9-2)28(35)25(20-23-16-11-10-12-17-23)32-29(36)37-30(5,6)7/h2,10-13,15-19,22,25-26H,8,14,20H2,1,3-7H3,(H,31,34)(H,32,36). The van der Waals surface area contributed by atoms with Gasteiger partial charge in [-0.3, -0.25) is 14.5 Å². The molecule has 0 aliphatic heterocycles. The summed E-state index contributed by atoms with van der Waals surface area (Å²) in [6, 6.07) is 16.8. The molecule has 0 aliphatic carbocycles. The Balaban J connectivity index is 2.47. The minimum Gasteiger partial charge on any atom is -0.444 e. The zero-order valence-electron chi connectivity index (χ0n) is 22.7. The second kappa shape index (κ2) is 13.5. The van der Waals surface area contributed by atoms with Gasteiger partial charge in [-0.15, -0.1) is 0 Å². The molecule has 37 heavy (non-hydrogen) atoms. The molecule has 7 nitrogen and oxygen atoms in total. The third-order valence-electron chi connectivity index (χ3n) is 5.62. The fourth-order valence-electron chi connectivity index (χ4n) is 4.02. The summed E-state index contributed by atoms with van der Waals surface area (Å²) in [5, 5.41) is 5.66. The summed E-state index contributed by atoms with van der Waals surface area (Å²) in [6.07, 6.45) is 6.98. The molecule has 0 bridgehead atoms. The van der Waals surface area contributed by atoms with Crippen molar-refractivity contribution in [1.82, 2.24) is 15.5 Å². The minimum atomic E-state index is -1.07. The van der Waals surface area contributed by atoms with Gasteiger partial charge in [-0.25, -0.2) is 4.79 Å². The molecular formula is C30H39N3O4. The lowest BCUT2D eigenvalue weighted by atomic mass is 9.99. The van der Waals surface area contributed by atoms with Crippen molar-refractivity contribution in [3.05, 3.63) is 71.3 Å². The maximum atomic E-state index is 13.9. The van der Waals surface area contributed by atoms with E-state index in [2.05, 4.69) is 16.7 Å². The number of alkyl carbamates (subject to hydrolysis) is 1. The number of hydrogen-bond donors (Lipinski definition) is 2. The van der Waals surface area contributed by atoms with E-state index in [-0.39, 0.29) is 18.4 Å². The normalized spacial score (nSPS) is 13.4. The maximum absolute atomic E-state index is 13.9. The molecule has 2 aromatic carbocycles. The van der Waals surface area contributed by atoms with Crippen LogP contribution in [0.3, 0.4) is 0 Å². The van der Waals surface area contributed by atoms with Crippen molar-refractivity contribution < 1.29 is 19.1 Å². The molecule has 0 aliphatic rings. The molecule has 0 spiro atoms. The van der Waals surface area contributed by atoms with E-state index in [1.807, 2.05) is 69.3 Å². The van der Waals surface area contributed by atoms with Gasteiger partial charge in [-0.2, -0.15) is 0 Å². The van der Waals surface area contributed by atoms with Gasteiger partial charge in [0.25, 0.3) is 5.91 Å². The number of amides is 3. The van der Waals surface area contributed by atoms with Gasteiger partial charge in [-0.1, -0.05) is 79.9 Å². The number of nitrogens with one attached hydrogen (secondary N) is 2. The number of ether oxygens (including phenoxy) is 1. The summed E-state index contributed by atoms with van der Waals surface area (Å²) >= 11 is 0. The summed E-state index contributed by atoms with van der Waals surface area (Å²) in [6.45, 7) is 11.1. The number of carbonyl (C=O) groups is 3. The first-order valence-corrected chi connectivity index (χ1v) is 12.6. The third-order valence-corrected chi connectivity index (χ3v) is 5.62. The van der Waals surface area contributed by atoms with Gasteiger partial charge in [0, 0.05) is 18.5 Å². The highest BCUT2D eigenvalue weighted by molar-refractivity contribution is 5.93. The molecule has 2 N–H and O–H groups in total. The lowest BCUT2D eigenvalue weighted by Gasteiger charge is -2.31. The lowest BCUT2D eigenvalue weighted by molar-refractivity contribution is -0.138. The largest absolute Gasteiger partial charge is 0.444 e. The van der Waals surface area contributed by atoms with Crippen LogP contribution in [0.4, 0.5) is 4.79 Å². The smallest absolute Gasteiger partial charge is 0.408 e. The Morgan fingerprint density at radius 3 is 2.30 bits per heavy atom.